The molecule has 0 spiro atoms. The number of nitrogens with one attached hydrogen (secondary N) is 1. The van der Waals surface area contributed by atoms with Gasteiger partial charge >= 0.3 is 0 Å². The minimum Gasteiger partial charge on any atom is -0.396 e. The van der Waals surface area contributed by atoms with Crippen LogP contribution in [0, 0.1) is 5.92 Å². The zero-order valence-electron chi connectivity index (χ0n) is 10.6. The largest absolute Gasteiger partial charge is 0.396 e. The number of para-hydroxylation sites is 1. The van der Waals surface area contributed by atoms with Crippen molar-refractivity contribution >= 4 is 21.4 Å². The van der Waals surface area contributed by atoms with E-state index in [1.807, 2.05) is 0 Å². The van der Waals surface area contributed by atoms with E-state index in [2.05, 4.69) is 19.2 Å². The van der Waals surface area contributed by atoms with Gasteiger partial charge in [0.05, 0.1) is 11.4 Å². The molecule has 0 heterocycles. The smallest absolute Gasteiger partial charge is 0.240 e. The van der Waals surface area contributed by atoms with Crippen molar-refractivity contribution in [2.24, 2.45) is 11.1 Å². The van der Waals surface area contributed by atoms with E-state index in [-0.39, 0.29) is 16.1 Å². The van der Waals surface area contributed by atoms with Gasteiger partial charge in [0, 0.05) is 5.54 Å². The molecule has 0 aliphatic heterocycles. The quantitative estimate of drug-likeness (QED) is 0.722. The average Bonchev–Trinajstić information content (AvgIpc) is 3.02. The van der Waals surface area contributed by atoms with Gasteiger partial charge in [-0.15, -0.1) is 0 Å². The van der Waals surface area contributed by atoms with Crippen LogP contribution < -0.4 is 16.2 Å². The van der Waals surface area contributed by atoms with Crippen molar-refractivity contribution in [1.82, 2.24) is 0 Å². The third-order valence-electron chi connectivity index (χ3n) is 3.43. The Morgan fingerprint density at radius 3 is 2.44 bits per heavy atom. The highest BCUT2D eigenvalue weighted by Crippen LogP contribution is 2.42. The molecule has 0 bridgehead atoms. The van der Waals surface area contributed by atoms with Gasteiger partial charge in [0.2, 0.25) is 10.0 Å². The maximum absolute atomic E-state index is 11.4. The lowest BCUT2D eigenvalue weighted by Gasteiger charge is -2.28. The van der Waals surface area contributed by atoms with Crippen LogP contribution in [0.1, 0.15) is 26.7 Å². The Labute approximate surface area is 108 Å². The van der Waals surface area contributed by atoms with Gasteiger partial charge in [0.1, 0.15) is 4.90 Å². The Morgan fingerprint density at radius 1 is 1.33 bits per heavy atom. The summed E-state index contributed by atoms with van der Waals surface area (Å²) in [6.45, 7) is 4.18. The van der Waals surface area contributed by atoms with E-state index in [1.54, 1.807) is 12.1 Å². The molecule has 0 amide bonds. The molecule has 0 unspecified atom stereocenters. The van der Waals surface area contributed by atoms with Crippen LogP contribution in [-0.4, -0.2) is 14.0 Å². The predicted molar refractivity (Wildman–Crippen MR) is 72.7 cm³/mol. The summed E-state index contributed by atoms with van der Waals surface area (Å²) >= 11 is 0. The van der Waals surface area contributed by atoms with Crippen LogP contribution in [0.3, 0.4) is 0 Å². The molecule has 1 saturated carbocycles. The van der Waals surface area contributed by atoms with Crippen molar-refractivity contribution in [3.8, 4) is 0 Å². The highest BCUT2D eigenvalue weighted by atomic mass is 32.2. The first-order valence-corrected chi connectivity index (χ1v) is 7.46. The first-order chi connectivity index (χ1) is 8.22. The number of benzene rings is 1. The third kappa shape index (κ3) is 2.59. The third-order valence-corrected chi connectivity index (χ3v) is 4.40. The molecule has 1 aromatic rings. The second-order valence-electron chi connectivity index (χ2n) is 5.38. The monoisotopic (exact) mass is 269 g/mol. The van der Waals surface area contributed by atoms with Crippen LogP contribution in [-0.2, 0) is 10.0 Å². The number of rotatable bonds is 4. The molecule has 5 nitrogen and oxygen atoms in total. The summed E-state index contributed by atoms with van der Waals surface area (Å²) in [7, 11) is -3.78. The SMILES string of the molecule is CC(C)(Nc1cccc(S(N)(=O)=O)c1N)C1CC1. The van der Waals surface area contributed by atoms with E-state index in [9.17, 15) is 8.42 Å². The Bertz CT molecular complexity index is 563. The van der Waals surface area contributed by atoms with E-state index < -0.39 is 10.0 Å². The maximum atomic E-state index is 11.4. The lowest BCUT2D eigenvalue weighted by molar-refractivity contribution is 0.494. The summed E-state index contributed by atoms with van der Waals surface area (Å²) in [5.41, 5.74) is 6.60. The second-order valence-corrected chi connectivity index (χ2v) is 6.91. The Hall–Kier alpha value is -1.27. The fourth-order valence-corrected chi connectivity index (χ4v) is 2.84. The fourth-order valence-electron chi connectivity index (χ4n) is 2.16. The Kier molecular flexibility index (Phi) is 3.03. The van der Waals surface area contributed by atoms with Crippen molar-refractivity contribution in [2.45, 2.75) is 37.1 Å². The molecule has 2 rings (SSSR count). The van der Waals surface area contributed by atoms with E-state index in [1.165, 1.54) is 18.9 Å². The second kappa shape index (κ2) is 4.13. The normalized spacial score (nSPS) is 16.6. The number of hydrogen-bond acceptors (Lipinski definition) is 4. The van der Waals surface area contributed by atoms with E-state index in [0.29, 0.717) is 11.6 Å². The van der Waals surface area contributed by atoms with Gasteiger partial charge in [-0.2, -0.15) is 0 Å². The molecule has 6 heteroatoms. The molecule has 18 heavy (non-hydrogen) atoms. The zero-order chi connectivity index (χ0) is 13.6. The number of sulfonamides is 1. The topological polar surface area (TPSA) is 98.2 Å². The molecule has 1 aliphatic carbocycles. The van der Waals surface area contributed by atoms with Crippen LogP contribution in [0.5, 0.6) is 0 Å². The number of primary sulfonamides is 1. The van der Waals surface area contributed by atoms with Crippen molar-refractivity contribution in [1.29, 1.82) is 0 Å². The number of nitrogen functional groups attached to an aromatic ring is 1. The number of nitrogens with two attached hydrogens (primary N) is 2. The first kappa shape index (κ1) is 13.2. The van der Waals surface area contributed by atoms with Gasteiger partial charge in [0.15, 0.2) is 0 Å². The van der Waals surface area contributed by atoms with Crippen LogP contribution >= 0.6 is 0 Å². The maximum Gasteiger partial charge on any atom is 0.240 e. The summed E-state index contributed by atoms with van der Waals surface area (Å²) in [4.78, 5) is -0.0286. The molecule has 0 atom stereocenters. The van der Waals surface area contributed by atoms with Gasteiger partial charge in [0.25, 0.3) is 0 Å². The summed E-state index contributed by atoms with van der Waals surface area (Å²) in [6, 6.07) is 4.83. The molecule has 100 valence electrons. The molecule has 1 fully saturated rings. The van der Waals surface area contributed by atoms with E-state index in [0.717, 1.165) is 0 Å². The number of anilines is 2. The molecule has 0 saturated heterocycles. The number of hydrogen-bond donors (Lipinski definition) is 3. The van der Waals surface area contributed by atoms with Gasteiger partial charge in [-0.05, 0) is 44.7 Å². The molecule has 1 aromatic carbocycles. The van der Waals surface area contributed by atoms with Crippen LogP contribution in [0.2, 0.25) is 0 Å². The van der Waals surface area contributed by atoms with Crippen molar-refractivity contribution in [2.75, 3.05) is 11.1 Å². The van der Waals surface area contributed by atoms with Gasteiger partial charge in [-0.3, -0.25) is 0 Å². The van der Waals surface area contributed by atoms with Crippen LogP contribution in [0.4, 0.5) is 11.4 Å². The highest BCUT2D eigenvalue weighted by Gasteiger charge is 2.38. The summed E-state index contributed by atoms with van der Waals surface area (Å²) in [5, 5.41) is 8.44. The zero-order valence-corrected chi connectivity index (χ0v) is 11.4. The summed E-state index contributed by atoms with van der Waals surface area (Å²) in [6.07, 6.45) is 2.38. The molecule has 0 aromatic heterocycles. The highest BCUT2D eigenvalue weighted by molar-refractivity contribution is 7.89. The van der Waals surface area contributed by atoms with E-state index >= 15 is 0 Å². The average molecular weight is 269 g/mol. The first-order valence-electron chi connectivity index (χ1n) is 5.91. The molecule has 5 N–H and O–H groups in total. The van der Waals surface area contributed by atoms with Gasteiger partial charge in [-0.25, -0.2) is 13.6 Å². The summed E-state index contributed by atoms with van der Waals surface area (Å²) < 4.78 is 22.8. The van der Waals surface area contributed by atoms with E-state index in [4.69, 9.17) is 10.9 Å². The minimum atomic E-state index is -3.78. The van der Waals surface area contributed by atoms with Crippen molar-refractivity contribution in [3.05, 3.63) is 18.2 Å². The Balaban J connectivity index is 2.35. The minimum absolute atomic E-state index is 0.0286. The molecular weight excluding hydrogens is 250 g/mol. The molecule has 0 radical (unpaired) electrons. The van der Waals surface area contributed by atoms with Crippen molar-refractivity contribution < 1.29 is 8.42 Å². The molecule has 1 aliphatic rings. The van der Waals surface area contributed by atoms with Crippen LogP contribution in [0.25, 0.3) is 0 Å². The summed E-state index contributed by atoms with van der Waals surface area (Å²) in [5.74, 6) is 0.607. The predicted octanol–water partition coefficient (Wildman–Crippen LogP) is 1.52. The van der Waals surface area contributed by atoms with Gasteiger partial charge in [-0.1, -0.05) is 6.07 Å². The lowest BCUT2D eigenvalue weighted by Crippen LogP contribution is -2.33. The molecular formula is C12H19N3O2S. The fraction of sp³-hybridized carbons (Fsp3) is 0.500. The lowest BCUT2D eigenvalue weighted by atomic mass is 9.98. The van der Waals surface area contributed by atoms with Crippen LogP contribution in [0.15, 0.2) is 23.1 Å². The van der Waals surface area contributed by atoms with Gasteiger partial charge < -0.3 is 11.1 Å². The van der Waals surface area contributed by atoms with Crippen molar-refractivity contribution in [3.63, 3.8) is 0 Å². The Morgan fingerprint density at radius 2 is 1.94 bits per heavy atom. The standard InChI is InChI=1S/C12H19N3O2S/c1-12(2,8-6-7-8)15-9-4-3-5-10(11(9)13)18(14,16)17/h3-5,8,15H,6-7,13H2,1-2H3,(H2,14,16,17).